The Bertz CT molecular complexity index is 180. The minimum absolute atomic E-state index is 0.129. The third-order valence-corrected chi connectivity index (χ3v) is 2.92. The highest BCUT2D eigenvalue weighted by atomic mass is 16.5. The van der Waals surface area contributed by atoms with Crippen LogP contribution in [0.1, 0.15) is 65.2 Å². The molecule has 0 heterocycles. The van der Waals surface area contributed by atoms with E-state index in [4.69, 9.17) is 9.84 Å². The number of rotatable bonds is 11. The quantitative estimate of drug-likeness (QED) is 0.448. The zero-order chi connectivity index (χ0) is 12.9. The molecular weight excluding hydrogens is 216 g/mol. The molecular formula is C14H28O3. The molecule has 0 fully saturated rings. The number of carbonyl (C=O) groups excluding carboxylic acids is 1. The number of aliphatic hydroxyl groups is 1. The molecule has 0 amide bonds. The summed E-state index contributed by atoms with van der Waals surface area (Å²) in [5.74, 6) is -0.667. The molecule has 0 aliphatic rings. The van der Waals surface area contributed by atoms with Gasteiger partial charge in [-0.15, -0.1) is 0 Å². The molecule has 0 saturated heterocycles. The van der Waals surface area contributed by atoms with Crippen molar-refractivity contribution in [3.05, 3.63) is 0 Å². The van der Waals surface area contributed by atoms with Crippen LogP contribution in [0.15, 0.2) is 0 Å². The maximum absolute atomic E-state index is 11.2. The van der Waals surface area contributed by atoms with Crippen LogP contribution >= 0.6 is 0 Å². The van der Waals surface area contributed by atoms with Crippen LogP contribution in [0.25, 0.3) is 0 Å². The Hall–Kier alpha value is -0.570. The minimum Gasteiger partial charge on any atom is -0.465 e. The van der Waals surface area contributed by atoms with Gasteiger partial charge in [0, 0.05) is 0 Å². The number of aliphatic hydroxyl groups excluding tert-OH is 1. The molecule has 0 saturated carbocycles. The molecule has 1 N–H and O–H groups in total. The molecule has 0 spiro atoms. The Morgan fingerprint density at radius 1 is 1.06 bits per heavy atom. The van der Waals surface area contributed by atoms with Gasteiger partial charge in [0.1, 0.15) is 0 Å². The van der Waals surface area contributed by atoms with Gasteiger partial charge in [-0.05, 0) is 13.3 Å². The Morgan fingerprint density at radius 3 is 2.12 bits per heavy atom. The third kappa shape index (κ3) is 10.3. The maximum atomic E-state index is 11.2. The van der Waals surface area contributed by atoms with Gasteiger partial charge in [0.05, 0.1) is 19.1 Å². The molecule has 0 radical (unpaired) electrons. The van der Waals surface area contributed by atoms with Crippen molar-refractivity contribution >= 4 is 5.97 Å². The van der Waals surface area contributed by atoms with Gasteiger partial charge >= 0.3 is 5.97 Å². The van der Waals surface area contributed by atoms with E-state index in [1.165, 1.54) is 38.5 Å². The summed E-state index contributed by atoms with van der Waals surface area (Å²) < 4.78 is 5.04. The van der Waals surface area contributed by atoms with E-state index >= 15 is 0 Å². The SMILES string of the molecule is CCCCCCCCCCOC(=O)C(C)CO. The van der Waals surface area contributed by atoms with Crippen molar-refractivity contribution in [2.75, 3.05) is 13.2 Å². The highest BCUT2D eigenvalue weighted by molar-refractivity contribution is 5.72. The van der Waals surface area contributed by atoms with Crippen molar-refractivity contribution in [2.24, 2.45) is 5.92 Å². The largest absolute Gasteiger partial charge is 0.465 e. The first kappa shape index (κ1) is 16.4. The summed E-state index contributed by atoms with van der Waals surface area (Å²) in [6.07, 6.45) is 9.91. The van der Waals surface area contributed by atoms with Crippen LogP contribution < -0.4 is 0 Å². The molecule has 102 valence electrons. The standard InChI is InChI=1S/C14H28O3/c1-3-4-5-6-7-8-9-10-11-17-14(16)13(2)12-15/h13,15H,3-12H2,1-2H3. The summed E-state index contributed by atoms with van der Waals surface area (Å²) >= 11 is 0. The van der Waals surface area contributed by atoms with Crippen molar-refractivity contribution in [3.63, 3.8) is 0 Å². The van der Waals surface area contributed by atoms with Gasteiger partial charge in [-0.25, -0.2) is 0 Å². The lowest BCUT2D eigenvalue weighted by atomic mass is 10.1. The van der Waals surface area contributed by atoms with Crippen molar-refractivity contribution in [2.45, 2.75) is 65.2 Å². The smallest absolute Gasteiger partial charge is 0.310 e. The van der Waals surface area contributed by atoms with Crippen LogP contribution in [0.4, 0.5) is 0 Å². The Balaban J connectivity index is 3.16. The van der Waals surface area contributed by atoms with Gasteiger partial charge in [0.2, 0.25) is 0 Å². The van der Waals surface area contributed by atoms with Gasteiger partial charge < -0.3 is 9.84 Å². The van der Waals surface area contributed by atoms with E-state index < -0.39 is 0 Å². The van der Waals surface area contributed by atoms with E-state index in [2.05, 4.69) is 6.92 Å². The van der Waals surface area contributed by atoms with Crippen LogP contribution in [0, 0.1) is 5.92 Å². The molecule has 3 heteroatoms. The van der Waals surface area contributed by atoms with E-state index in [0.29, 0.717) is 6.61 Å². The van der Waals surface area contributed by atoms with Gasteiger partial charge in [-0.3, -0.25) is 4.79 Å². The summed E-state index contributed by atoms with van der Waals surface area (Å²) in [4.78, 5) is 11.2. The normalized spacial score (nSPS) is 12.4. The van der Waals surface area contributed by atoms with Crippen LogP contribution in [0.2, 0.25) is 0 Å². The van der Waals surface area contributed by atoms with Crippen molar-refractivity contribution < 1.29 is 14.6 Å². The molecule has 0 aliphatic carbocycles. The first-order valence-corrected chi connectivity index (χ1v) is 6.99. The monoisotopic (exact) mass is 244 g/mol. The van der Waals surface area contributed by atoms with E-state index in [-0.39, 0.29) is 18.5 Å². The first-order chi connectivity index (χ1) is 8.22. The number of esters is 1. The maximum Gasteiger partial charge on any atom is 0.310 e. The topological polar surface area (TPSA) is 46.5 Å². The fraction of sp³-hybridized carbons (Fsp3) is 0.929. The second kappa shape index (κ2) is 11.9. The molecule has 1 atom stereocenters. The van der Waals surface area contributed by atoms with Crippen LogP contribution in [-0.2, 0) is 9.53 Å². The summed E-state index contributed by atoms with van der Waals surface area (Å²) in [6.45, 7) is 4.27. The third-order valence-electron chi connectivity index (χ3n) is 2.92. The second-order valence-corrected chi connectivity index (χ2v) is 4.73. The number of unbranched alkanes of at least 4 members (excludes halogenated alkanes) is 7. The van der Waals surface area contributed by atoms with Gasteiger partial charge in [0.15, 0.2) is 0 Å². The molecule has 0 aromatic carbocycles. The molecule has 0 aromatic heterocycles. The van der Waals surface area contributed by atoms with Crippen molar-refractivity contribution in [1.82, 2.24) is 0 Å². The molecule has 0 aromatic rings. The molecule has 0 aliphatic heterocycles. The number of carbonyl (C=O) groups is 1. The fourth-order valence-electron chi connectivity index (χ4n) is 1.63. The molecule has 0 rings (SSSR count). The van der Waals surface area contributed by atoms with Crippen molar-refractivity contribution in [1.29, 1.82) is 0 Å². The Kier molecular flexibility index (Phi) is 11.5. The Labute approximate surface area is 106 Å². The number of hydrogen-bond acceptors (Lipinski definition) is 3. The predicted octanol–water partition coefficient (Wildman–Crippen LogP) is 3.30. The molecule has 1 unspecified atom stereocenters. The van der Waals surface area contributed by atoms with E-state index in [9.17, 15) is 4.79 Å². The van der Waals surface area contributed by atoms with Crippen molar-refractivity contribution in [3.8, 4) is 0 Å². The van der Waals surface area contributed by atoms with E-state index in [1.807, 2.05) is 0 Å². The zero-order valence-corrected chi connectivity index (χ0v) is 11.4. The Morgan fingerprint density at radius 2 is 1.59 bits per heavy atom. The van der Waals surface area contributed by atoms with Crippen LogP contribution in [0.3, 0.4) is 0 Å². The van der Waals surface area contributed by atoms with Crippen LogP contribution in [0.5, 0.6) is 0 Å². The predicted molar refractivity (Wildman–Crippen MR) is 69.8 cm³/mol. The summed E-state index contributed by atoms with van der Waals surface area (Å²) in [7, 11) is 0. The van der Waals surface area contributed by atoms with Gasteiger partial charge in [0.25, 0.3) is 0 Å². The first-order valence-electron chi connectivity index (χ1n) is 6.99. The lowest BCUT2D eigenvalue weighted by molar-refractivity contribution is -0.149. The number of hydrogen-bond donors (Lipinski definition) is 1. The zero-order valence-electron chi connectivity index (χ0n) is 11.4. The van der Waals surface area contributed by atoms with Gasteiger partial charge in [-0.1, -0.05) is 51.9 Å². The van der Waals surface area contributed by atoms with Gasteiger partial charge in [-0.2, -0.15) is 0 Å². The average Bonchev–Trinajstić information content (AvgIpc) is 2.35. The highest BCUT2D eigenvalue weighted by Crippen LogP contribution is 2.08. The highest BCUT2D eigenvalue weighted by Gasteiger charge is 2.11. The lowest BCUT2D eigenvalue weighted by Crippen LogP contribution is -2.18. The molecule has 3 nitrogen and oxygen atoms in total. The van der Waals surface area contributed by atoms with E-state index in [1.54, 1.807) is 6.92 Å². The second-order valence-electron chi connectivity index (χ2n) is 4.73. The summed E-state index contributed by atoms with van der Waals surface area (Å²) in [5.41, 5.74) is 0. The fourth-order valence-corrected chi connectivity index (χ4v) is 1.63. The lowest BCUT2D eigenvalue weighted by Gasteiger charge is -2.08. The average molecular weight is 244 g/mol. The number of ether oxygens (including phenoxy) is 1. The van der Waals surface area contributed by atoms with E-state index in [0.717, 1.165) is 12.8 Å². The van der Waals surface area contributed by atoms with Crippen LogP contribution in [-0.4, -0.2) is 24.3 Å². The summed E-state index contributed by atoms with van der Waals surface area (Å²) in [5, 5.41) is 8.75. The molecule has 17 heavy (non-hydrogen) atoms. The minimum atomic E-state index is -0.385. The summed E-state index contributed by atoms with van der Waals surface area (Å²) in [6, 6.07) is 0. The molecule has 0 bridgehead atoms.